The van der Waals surface area contributed by atoms with E-state index in [0.29, 0.717) is 12.1 Å². The van der Waals surface area contributed by atoms with Crippen LogP contribution in [0.15, 0.2) is 24.3 Å². The van der Waals surface area contributed by atoms with Crippen LogP contribution in [0.5, 0.6) is 0 Å². The van der Waals surface area contributed by atoms with E-state index in [-0.39, 0.29) is 5.56 Å². The number of anilines is 1. The molecule has 0 radical (unpaired) electrons. The van der Waals surface area contributed by atoms with Crippen LogP contribution in [0.3, 0.4) is 0 Å². The lowest BCUT2D eigenvalue weighted by Gasteiger charge is -2.11. The number of carbonyl (C=O) groups excluding carboxylic acids is 1. The zero-order valence-electron chi connectivity index (χ0n) is 7.05. The van der Waals surface area contributed by atoms with E-state index in [0.717, 1.165) is 6.92 Å². The minimum atomic E-state index is -2.87. The first kappa shape index (κ1) is 9.64. The summed E-state index contributed by atoms with van der Waals surface area (Å²) in [7, 11) is 0. The summed E-state index contributed by atoms with van der Waals surface area (Å²) in [5.41, 5.74) is 0.258. The van der Waals surface area contributed by atoms with Gasteiger partial charge in [-0.2, -0.15) is 0 Å². The smallest absolute Gasteiger partial charge is 0.270 e. The summed E-state index contributed by atoms with van der Waals surface area (Å²) in [4.78, 5) is 10.0. The summed E-state index contributed by atoms with van der Waals surface area (Å²) in [6, 6.07) is 5.58. The zero-order chi connectivity index (χ0) is 9.90. The Morgan fingerprint density at radius 3 is 2.69 bits per heavy atom. The average molecular weight is 185 g/mol. The molecule has 0 aliphatic rings. The van der Waals surface area contributed by atoms with E-state index < -0.39 is 5.92 Å². The van der Waals surface area contributed by atoms with Gasteiger partial charge in [-0.05, 0) is 12.1 Å². The van der Waals surface area contributed by atoms with Crippen molar-refractivity contribution < 1.29 is 13.6 Å². The molecule has 13 heavy (non-hydrogen) atoms. The summed E-state index contributed by atoms with van der Waals surface area (Å²) in [6.45, 7) is 0.813. The Balaban J connectivity index is 2.98. The molecule has 0 saturated carbocycles. The van der Waals surface area contributed by atoms with Gasteiger partial charge in [0.2, 0.25) is 6.41 Å². The number of rotatable bonds is 3. The normalized spacial score (nSPS) is 11.0. The third-order valence-corrected chi connectivity index (χ3v) is 1.60. The standard InChI is InChI=1S/C9H9F2NO/c1-9(10,11)7-3-2-4-8(5-7)12-6-13/h2-6H,1H3,(H,12,13). The lowest BCUT2D eigenvalue weighted by Crippen LogP contribution is -2.07. The molecule has 70 valence electrons. The van der Waals surface area contributed by atoms with Crippen LogP contribution >= 0.6 is 0 Å². The second kappa shape index (κ2) is 3.51. The van der Waals surface area contributed by atoms with Gasteiger partial charge in [0, 0.05) is 18.2 Å². The lowest BCUT2D eigenvalue weighted by atomic mass is 10.1. The maximum absolute atomic E-state index is 12.8. The fourth-order valence-electron chi connectivity index (χ4n) is 0.950. The molecule has 0 saturated heterocycles. The van der Waals surface area contributed by atoms with Crippen molar-refractivity contribution in [2.45, 2.75) is 12.8 Å². The molecule has 0 bridgehead atoms. The zero-order valence-corrected chi connectivity index (χ0v) is 7.05. The van der Waals surface area contributed by atoms with Crippen molar-refractivity contribution in [2.75, 3.05) is 5.32 Å². The van der Waals surface area contributed by atoms with Gasteiger partial charge in [0.25, 0.3) is 5.92 Å². The third-order valence-electron chi connectivity index (χ3n) is 1.60. The van der Waals surface area contributed by atoms with E-state index >= 15 is 0 Å². The molecule has 0 fully saturated rings. The molecule has 1 rings (SSSR count). The van der Waals surface area contributed by atoms with Crippen molar-refractivity contribution in [2.24, 2.45) is 0 Å². The lowest BCUT2D eigenvalue weighted by molar-refractivity contribution is -0.105. The van der Waals surface area contributed by atoms with Crippen molar-refractivity contribution in [3.63, 3.8) is 0 Å². The van der Waals surface area contributed by atoms with Gasteiger partial charge in [-0.15, -0.1) is 0 Å². The first-order valence-corrected chi connectivity index (χ1v) is 3.72. The molecule has 1 N–H and O–H groups in total. The van der Waals surface area contributed by atoms with Crippen molar-refractivity contribution in [1.29, 1.82) is 0 Å². The fourth-order valence-corrected chi connectivity index (χ4v) is 0.950. The van der Waals surface area contributed by atoms with Crippen molar-refractivity contribution >= 4 is 12.1 Å². The van der Waals surface area contributed by atoms with Gasteiger partial charge < -0.3 is 5.32 Å². The Bertz CT molecular complexity index is 307. The highest BCUT2D eigenvalue weighted by atomic mass is 19.3. The summed E-state index contributed by atoms with van der Waals surface area (Å²) in [5, 5.41) is 2.31. The highest BCUT2D eigenvalue weighted by Gasteiger charge is 2.23. The number of halogens is 2. The number of carbonyl (C=O) groups is 1. The van der Waals surface area contributed by atoms with Gasteiger partial charge in [-0.25, -0.2) is 8.78 Å². The van der Waals surface area contributed by atoms with Crippen LogP contribution < -0.4 is 5.32 Å². The maximum Gasteiger partial charge on any atom is 0.270 e. The Labute approximate surface area is 74.6 Å². The van der Waals surface area contributed by atoms with Gasteiger partial charge in [-0.1, -0.05) is 12.1 Å². The molecule has 0 spiro atoms. The van der Waals surface area contributed by atoms with Crippen LogP contribution in [0, 0.1) is 0 Å². The average Bonchev–Trinajstić information content (AvgIpc) is 2.04. The first-order chi connectivity index (χ1) is 6.04. The molecule has 1 amide bonds. The fraction of sp³-hybridized carbons (Fsp3) is 0.222. The molecule has 0 aliphatic carbocycles. The van der Waals surface area contributed by atoms with E-state index in [1.54, 1.807) is 6.07 Å². The van der Waals surface area contributed by atoms with E-state index in [2.05, 4.69) is 5.32 Å². The Morgan fingerprint density at radius 2 is 2.15 bits per heavy atom. The SMILES string of the molecule is CC(F)(F)c1cccc(NC=O)c1. The number of hydrogen-bond acceptors (Lipinski definition) is 1. The van der Waals surface area contributed by atoms with E-state index in [1.807, 2.05) is 0 Å². The van der Waals surface area contributed by atoms with E-state index in [9.17, 15) is 13.6 Å². The molecular formula is C9H9F2NO. The highest BCUT2D eigenvalue weighted by molar-refractivity contribution is 5.71. The molecule has 0 unspecified atom stereocenters. The van der Waals surface area contributed by atoms with Crippen molar-refractivity contribution in [1.82, 2.24) is 0 Å². The Kier molecular flexibility index (Phi) is 2.60. The van der Waals surface area contributed by atoms with Gasteiger partial charge in [0.1, 0.15) is 0 Å². The molecule has 1 aromatic rings. The molecule has 0 atom stereocenters. The Morgan fingerprint density at radius 1 is 1.46 bits per heavy atom. The van der Waals surface area contributed by atoms with Crippen molar-refractivity contribution in [3.05, 3.63) is 29.8 Å². The summed E-state index contributed by atoms with van der Waals surface area (Å²) >= 11 is 0. The minimum Gasteiger partial charge on any atom is -0.329 e. The predicted molar refractivity (Wildman–Crippen MR) is 45.7 cm³/mol. The number of nitrogens with one attached hydrogen (secondary N) is 1. The summed E-state index contributed by atoms with van der Waals surface area (Å²) in [5.74, 6) is -2.87. The molecule has 0 aliphatic heterocycles. The first-order valence-electron chi connectivity index (χ1n) is 3.72. The molecule has 1 aromatic carbocycles. The predicted octanol–water partition coefficient (Wildman–Crippen LogP) is 2.37. The minimum absolute atomic E-state index is 0.112. The largest absolute Gasteiger partial charge is 0.329 e. The van der Waals surface area contributed by atoms with Crippen LogP contribution in [0.2, 0.25) is 0 Å². The van der Waals surface area contributed by atoms with E-state index in [1.165, 1.54) is 18.2 Å². The van der Waals surface area contributed by atoms with Crippen LogP contribution in [0.25, 0.3) is 0 Å². The van der Waals surface area contributed by atoms with Crippen LogP contribution in [-0.2, 0) is 10.7 Å². The number of hydrogen-bond donors (Lipinski definition) is 1. The summed E-state index contributed by atoms with van der Waals surface area (Å²) in [6.07, 6.45) is 0.451. The maximum atomic E-state index is 12.8. The topological polar surface area (TPSA) is 29.1 Å². The molecular weight excluding hydrogens is 176 g/mol. The molecule has 4 heteroatoms. The third kappa shape index (κ3) is 2.50. The number of benzene rings is 1. The van der Waals surface area contributed by atoms with Gasteiger partial charge in [-0.3, -0.25) is 4.79 Å². The number of amides is 1. The van der Waals surface area contributed by atoms with Gasteiger partial charge in [0.05, 0.1) is 0 Å². The second-order valence-corrected chi connectivity index (χ2v) is 2.73. The quantitative estimate of drug-likeness (QED) is 0.719. The Hall–Kier alpha value is -1.45. The van der Waals surface area contributed by atoms with Crippen molar-refractivity contribution in [3.8, 4) is 0 Å². The number of alkyl halides is 2. The van der Waals surface area contributed by atoms with Crippen LogP contribution in [0.4, 0.5) is 14.5 Å². The molecule has 0 aromatic heterocycles. The summed E-state index contributed by atoms with van der Waals surface area (Å²) < 4.78 is 25.5. The monoisotopic (exact) mass is 185 g/mol. The van der Waals surface area contributed by atoms with Crippen LogP contribution in [0.1, 0.15) is 12.5 Å². The van der Waals surface area contributed by atoms with Crippen LogP contribution in [-0.4, -0.2) is 6.41 Å². The van der Waals surface area contributed by atoms with Gasteiger partial charge >= 0.3 is 0 Å². The molecule has 2 nitrogen and oxygen atoms in total. The van der Waals surface area contributed by atoms with Gasteiger partial charge in [0.15, 0.2) is 0 Å². The molecule has 0 heterocycles. The van der Waals surface area contributed by atoms with E-state index in [4.69, 9.17) is 0 Å². The highest BCUT2D eigenvalue weighted by Crippen LogP contribution is 2.28. The second-order valence-electron chi connectivity index (χ2n) is 2.73.